The molecule has 1 aliphatic carbocycles. The number of hydrogen-bond acceptors (Lipinski definition) is 7. The highest BCUT2D eigenvalue weighted by Gasteiger charge is 2.42. The molecule has 10 heteroatoms. The molecule has 1 aliphatic rings. The number of rotatable bonds is 8. The number of carbonyl (C=O) groups excluding carboxylic acids is 1. The van der Waals surface area contributed by atoms with E-state index >= 15 is 0 Å². The number of amides is 1. The molecule has 39 heavy (non-hydrogen) atoms. The Bertz CT molecular complexity index is 1420. The molecule has 3 aromatic rings. The normalized spacial score (nSPS) is 17.0. The maximum absolute atomic E-state index is 12.0. The molecule has 1 amide bonds. The molecule has 0 radical (unpaired) electrons. The zero-order valence-corrected chi connectivity index (χ0v) is 25.3. The number of benzene rings is 1. The number of hydrogen-bond donors (Lipinski definition) is 1. The standard InChI is InChI=1S/C29H39N7O2Si/c1-28(2,3)39(7,8)38-19-29(4)12-9-22-21(17-30)15-20(16-23(22)29)24-10-13-31-27(32-24)33-25-11-14-36(34-25)18-26(37)35(5)6/h10-11,13-16H,9,12,18-19H2,1-8H3,(H,31,32,33,34). The van der Waals surface area contributed by atoms with E-state index in [9.17, 15) is 10.1 Å². The number of nitrogens with zero attached hydrogens (tertiary/aromatic N) is 6. The molecular weight excluding hydrogens is 506 g/mol. The second-order valence-corrected chi connectivity index (χ2v) is 17.2. The van der Waals surface area contributed by atoms with Gasteiger partial charge in [-0.05, 0) is 60.3 Å². The monoisotopic (exact) mass is 545 g/mol. The summed E-state index contributed by atoms with van der Waals surface area (Å²) < 4.78 is 8.24. The van der Waals surface area contributed by atoms with Crippen LogP contribution in [0, 0.1) is 11.3 Å². The quantitative estimate of drug-likeness (QED) is 0.384. The minimum absolute atomic E-state index is 0.0467. The fourth-order valence-corrected chi connectivity index (χ4v) is 5.57. The molecule has 0 saturated carbocycles. The first-order valence-corrected chi connectivity index (χ1v) is 16.2. The van der Waals surface area contributed by atoms with Gasteiger partial charge in [-0.25, -0.2) is 9.97 Å². The molecule has 206 valence electrons. The average molecular weight is 546 g/mol. The van der Waals surface area contributed by atoms with Gasteiger partial charge in [0.05, 0.1) is 17.3 Å². The Kier molecular flexibility index (Phi) is 7.69. The van der Waals surface area contributed by atoms with Gasteiger partial charge in [-0.15, -0.1) is 0 Å². The second-order valence-electron chi connectivity index (χ2n) is 12.3. The van der Waals surface area contributed by atoms with Crippen LogP contribution in [0.25, 0.3) is 11.3 Å². The Balaban J connectivity index is 1.60. The molecule has 9 nitrogen and oxygen atoms in total. The van der Waals surface area contributed by atoms with E-state index < -0.39 is 8.32 Å². The average Bonchev–Trinajstić information content (AvgIpc) is 3.45. The van der Waals surface area contributed by atoms with Crippen molar-refractivity contribution in [2.75, 3.05) is 26.0 Å². The molecular formula is C29H39N7O2Si. The number of nitriles is 1. The van der Waals surface area contributed by atoms with Crippen molar-refractivity contribution in [2.24, 2.45) is 0 Å². The summed E-state index contributed by atoms with van der Waals surface area (Å²) in [5.74, 6) is 0.884. The van der Waals surface area contributed by atoms with Crippen LogP contribution in [0.1, 0.15) is 50.8 Å². The number of likely N-dealkylation sites (N-methyl/N-ethyl adjacent to an activating group) is 1. The summed E-state index contributed by atoms with van der Waals surface area (Å²) in [5, 5.41) is 17.7. The molecule has 2 heterocycles. The van der Waals surface area contributed by atoms with E-state index in [1.54, 1.807) is 37.2 Å². The molecule has 1 aromatic carbocycles. The van der Waals surface area contributed by atoms with Crippen LogP contribution in [0.5, 0.6) is 0 Å². The summed E-state index contributed by atoms with van der Waals surface area (Å²) in [5.41, 5.74) is 4.40. The van der Waals surface area contributed by atoms with E-state index in [2.05, 4.69) is 68.3 Å². The van der Waals surface area contributed by atoms with Crippen LogP contribution in [0.4, 0.5) is 11.8 Å². The Hall–Kier alpha value is -3.55. The summed E-state index contributed by atoms with van der Waals surface area (Å²) in [4.78, 5) is 22.6. The van der Waals surface area contributed by atoms with E-state index in [-0.39, 0.29) is 22.9 Å². The fourth-order valence-electron chi connectivity index (χ4n) is 4.46. The lowest BCUT2D eigenvalue weighted by atomic mass is 9.83. The van der Waals surface area contributed by atoms with Crippen LogP contribution in [0.2, 0.25) is 18.1 Å². The lowest BCUT2D eigenvalue weighted by molar-refractivity contribution is -0.129. The Morgan fingerprint density at radius 1 is 1.28 bits per heavy atom. The van der Waals surface area contributed by atoms with Crippen LogP contribution >= 0.6 is 0 Å². The minimum atomic E-state index is -1.92. The van der Waals surface area contributed by atoms with Gasteiger partial charge in [-0.1, -0.05) is 27.7 Å². The third-order valence-corrected chi connectivity index (χ3v) is 12.6. The topological polar surface area (TPSA) is 109 Å². The van der Waals surface area contributed by atoms with Gasteiger partial charge < -0.3 is 14.6 Å². The van der Waals surface area contributed by atoms with Crippen LogP contribution in [-0.4, -0.2) is 59.6 Å². The SMILES string of the molecule is CN(C)C(=O)Cn1ccc(Nc2nccc(-c3cc(C#N)c4c(c3)C(C)(CO[Si](C)(C)C(C)(C)C)CC4)n2)n1. The number of anilines is 2. The fraction of sp³-hybridized carbons (Fsp3) is 0.483. The van der Waals surface area contributed by atoms with Crippen LogP contribution in [0.15, 0.2) is 36.7 Å². The predicted molar refractivity (Wildman–Crippen MR) is 155 cm³/mol. The van der Waals surface area contributed by atoms with Gasteiger partial charge in [0.25, 0.3) is 0 Å². The van der Waals surface area contributed by atoms with Gasteiger partial charge >= 0.3 is 0 Å². The smallest absolute Gasteiger partial charge is 0.243 e. The molecule has 4 rings (SSSR count). The first-order valence-electron chi connectivity index (χ1n) is 13.3. The summed E-state index contributed by atoms with van der Waals surface area (Å²) in [7, 11) is 1.51. The molecule has 0 bridgehead atoms. The molecule has 0 spiro atoms. The number of aromatic nitrogens is 4. The van der Waals surface area contributed by atoms with Crippen molar-refractivity contribution in [1.82, 2.24) is 24.6 Å². The maximum atomic E-state index is 12.0. The Labute approximate surface area is 232 Å². The van der Waals surface area contributed by atoms with Crippen molar-refractivity contribution in [3.8, 4) is 17.3 Å². The largest absolute Gasteiger partial charge is 0.416 e. The number of nitrogens with one attached hydrogen (secondary N) is 1. The highest BCUT2D eigenvalue weighted by atomic mass is 28.4. The minimum Gasteiger partial charge on any atom is -0.416 e. The molecule has 0 saturated heterocycles. The molecule has 1 atom stereocenters. The Morgan fingerprint density at radius 3 is 2.69 bits per heavy atom. The second kappa shape index (κ2) is 10.5. The van der Waals surface area contributed by atoms with Gasteiger partial charge in [-0.3, -0.25) is 9.48 Å². The Morgan fingerprint density at radius 2 is 2.03 bits per heavy atom. The first-order chi connectivity index (χ1) is 18.2. The van der Waals surface area contributed by atoms with Gasteiger partial charge in [0.1, 0.15) is 6.54 Å². The van der Waals surface area contributed by atoms with Crippen molar-refractivity contribution < 1.29 is 9.22 Å². The van der Waals surface area contributed by atoms with Crippen LogP contribution in [-0.2, 0) is 27.6 Å². The van der Waals surface area contributed by atoms with Crippen LogP contribution in [0.3, 0.4) is 0 Å². The molecule has 1 unspecified atom stereocenters. The summed E-state index contributed by atoms with van der Waals surface area (Å²) >= 11 is 0. The summed E-state index contributed by atoms with van der Waals surface area (Å²) in [6, 6.07) is 10.1. The maximum Gasteiger partial charge on any atom is 0.243 e. The van der Waals surface area contributed by atoms with Crippen molar-refractivity contribution >= 4 is 26.0 Å². The van der Waals surface area contributed by atoms with E-state index in [0.29, 0.717) is 29.6 Å². The lowest BCUT2D eigenvalue weighted by Crippen LogP contribution is -2.44. The highest BCUT2D eigenvalue weighted by molar-refractivity contribution is 6.74. The highest BCUT2D eigenvalue weighted by Crippen LogP contribution is 2.44. The number of fused-ring (bicyclic) bond motifs is 1. The zero-order chi connectivity index (χ0) is 28.6. The molecule has 0 aliphatic heterocycles. The molecule has 1 N–H and O–H groups in total. The van der Waals surface area contributed by atoms with Crippen molar-refractivity contribution in [1.29, 1.82) is 5.26 Å². The van der Waals surface area contributed by atoms with Gasteiger partial charge in [0.15, 0.2) is 14.1 Å². The van der Waals surface area contributed by atoms with Crippen LogP contribution < -0.4 is 5.32 Å². The van der Waals surface area contributed by atoms with Crippen molar-refractivity contribution in [3.63, 3.8) is 0 Å². The number of carbonyl (C=O) groups is 1. The third-order valence-electron chi connectivity index (χ3n) is 8.13. The van der Waals surface area contributed by atoms with E-state index in [1.807, 2.05) is 12.1 Å². The third kappa shape index (κ3) is 6.05. The van der Waals surface area contributed by atoms with Gasteiger partial charge in [0.2, 0.25) is 11.9 Å². The van der Waals surface area contributed by atoms with E-state index in [0.717, 1.165) is 24.0 Å². The summed E-state index contributed by atoms with van der Waals surface area (Å²) in [6.07, 6.45) is 5.24. The molecule has 2 aromatic heterocycles. The van der Waals surface area contributed by atoms with Gasteiger partial charge in [0, 0.05) is 50.1 Å². The first kappa shape index (κ1) is 28.5. The zero-order valence-electron chi connectivity index (χ0n) is 24.3. The van der Waals surface area contributed by atoms with Crippen molar-refractivity contribution in [3.05, 3.63) is 53.3 Å². The predicted octanol–water partition coefficient (Wildman–Crippen LogP) is 5.27. The lowest BCUT2D eigenvalue weighted by Gasteiger charge is -2.39. The van der Waals surface area contributed by atoms with Gasteiger partial charge in [-0.2, -0.15) is 10.4 Å². The van der Waals surface area contributed by atoms with E-state index in [1.165, 1.54) is 10.5 Å². The van der Waals surface area contributed by atoms with E-state index in [4.69, 9.17) is 9.41 Å². The van der Waals surface area contributed by atoms with Crippen molar-refractivity contribution in [2.45, 2.75) is 70.6 Å². The summed E-state index contributed by atoms with van der Waals surface area (Å²) in [6.45, 7) is 14.4. The molecule has 0 fully saturated rings.